The van der Waals surface area contributed by atoms with E-state index in [0.29, 0.717) is 16.5 Å². The first kappa shape index (κ1) is 16.5. The third kappa shape index (κ3) is 4.08. The molecular formula is C14H12BrCl2IN2. The fourth-order valence-corrected chi connectivity index (χ4v) is 3.47. The van der Waals surface area contributed by atoms with E-state index in [1.807, 2.05) is 24.3 Å². The van der Waals surface area contributed by atoms with Crippen molar-refractivity contribution in [3.8, 4) is 0 Å². The van der Waals surface area contributed by atoms with Gasteiger partial charge in [0, 0.05) is 18.1 Å². The second-order valence-electron chi connectivity index (χ2n) is 4.32. The average Bonchev–Trinajstić information content (AvgIpc) is 2.41. The second kappa shape index (κ2) is 7.42. The Kier molecular flexibility index (Phi) is 6.13. The van der Waals surface area contributed by atoms with Gasteiger partial charge in [-0.05, 0) is 70.5 Å². The Morgan fingerprint density at radius 1 is 1.20 bits per heavy atom. The molecule has 2 aromatic rings. The predicted molar refractivity (Wildman–Crippen MR) is 97.1 cm³/mol. The molecule has 2 aromatic carbocycles. The number of nitrogens with two attached hydrogens (primary N) is 1. The normalized spacial score (nSPS) is 12.4. The molecule has 0 fully saturated rings. The van der Waals surface area contributed by atoms with Crippen molar-refractivity contribution < 1.29 is 0 Å². The summed E-state index contributed by atoms with van der Waals surface area (Å²) in [7, 11) is 0. The van der Waals surface area contributed by atoms with Crippen molar-refractivity contribution in [1.82, 2.24) is 5.43 Å². The molecule has 0 aromatic heterocycles. The van der Waals surface area contributed by atoms with Gasteiger partial charge < -0.3 is 0 Å². The monoisotopic (exact) mass is 484 g/mol. The SMILES string of the molecule is NNC(Cc1ccc(Cl)cc1Cl)c1cc(I)ccc1Br. The van der Waals surface area contributed by atoms with Crippen LogP contribution < -0.4 is 11.3 Å². The van der Waals surface area contributed by atoms with E-state index in [2.05, 4.69) is 50.0 Å². The van der Waals surface area contributed by atoms with Gasteiger partial charge in [0.15, 0.2) is 0 Å². The zero-order valence-corrected chi connectivity index (χ0v) is 15.6. The van der Waals surface area contributed by atoms with Gasteiger partial charge in [-0.1, -0.05) is 45.2 Å². The van der Waals surface area contributed by atoms with Crippen molar-refractivity contribution in [1.29, 1.82) is 0 Å². The summed E-state index contributed by atoms with van der Waals surface area (Å²) in [4.78, 5) is 0. The van der Waals surface area contributed by atoms with Crippen molar-refractivity contribution in [2.75, 3.05) is 0 Å². The number of halogens is 4. The first-order valence-corrected chi connectivity index (χ1v) is 8.49. The van der Waals surface area contributed by atoms with Gasteiger partial charge in [0.2, 0.25) is 0 Å². The zero-order valence-electron chi connectivity index (χ0n) is 10.3. The van der Waals surface area contributed by atoms with Gasteiger partial charge in [-0.3, -0.25) is 11.3 Å². The number of hydrogen-bond donors (Lipinski definition) is 2. The molecule has 1 unspecified atom stereocenters. The van der Waals surface area contributed by atoms with Gasteiger partial charge >= 0.3 is 0 Å². The van der Waals surface area contributed by atoms with E-state index >= 15 is 0 Å². The van der Waals surface area contributed by atoms with Gasteiger partial charge in [0.25, 0.3) is 0 Å². The van der Waals surface area contributed by atoms with Crippen LogP contribution in [0.4, 0.5) is 0 Å². The molecule has 0 spiro atoms. The van der Waals surface area contributed by atoms with Crippen LogP contribution in [-0.2, 0) is 6.42 Å². The second-order valence-corrected chi connectivity index (χ2v) is 7.27. The van der Waals surface area contributed by atoms with Gasteiger partial charge in [-0.2, -0.15) is 0 Å². The van der Waals surface area contributed by atoms with Crippen LogP contribution in [0, 0.1) is 3.57 Å². The summed E-state index contributed by atoms with van der Waals surface area (Å²) < 4.78 is 2.18. The summed E-state index contributed by atoms with van der Waals surface area (Å²) in [5.74, 6) is 5.71. The number of rotatable bonds is 4. The Hall–Kier alpha value is 0.150. The molecule has 2 rings (SSSR count). The Balaban J connectivity index is 2.31. The highest BCUT2D eigenvalue weighted by atomic mass is 127. The molecular weight excluding hydrogens is 474 g/mol. The van der Waals surface area contributed by atoms with Crippen LogP contribution in [0.1, 0.15) is 17.2 Å². The Morgan fingerprint density at radius 2 is 1.95 bits per heavy atom. The molecule has 0 aliphatic rings. The largest absolute Gasteiger partial charge is 0.271 e. The summed E-state index contributed by atoms with van der Waals surface area (Å²) in [5.41, 5.74) is 4.96. The van der Waals surface area contributed by atoms with Crippen LogP contribution in [0.5, 0.6) is 0 Å². The molecule has 0 saturated carbocycles. The predicted octanol–water partition coefficient (Wildman–Crippen LogP) is 5.11. The number of nitrogens with one attached hydrogen (secondary N) is 1. The molecule has 3 N–H and O–H groups in total. The van der Waals surface area contributed by atoms with Crippen molar-refractivity contribution in [2.24, 2.45) is 5.84 Å². The number of hydrogen-bond acceptors (Lipinski definition) is 2. The van der Waals surface area contributed by atoms with Crippen molar-refractivity contribution >= 4 is 61.7 Å². The number of hydrazine groups is 1. The van der Waals surface area contributed by atoms with Crippen molar-refractivity contribution in [2.45, 2.75) is 12.5 Å². The van der Waals surface area contributed by atoms with E-state index in [1.54, 1.807) is 6.07 Å². The third-order valence-electron chi connectivity index (χ3n) is 2.97. The lowest BCUT2D eigenvalue weighted by Crippen LogP contribution is -2.30. The summed E-state index contributed by atoms with van der Waals surface area (Å²) in [6.07, 6.45) is 0.686. The highest BCUT2D eigenvalue weighted by Gasteiger charge is 2.16. The molecule has 106 valence electrons. The molecule has 0 aliphatic carbocycles. The van der Waals surface area contributed by atoms with Crippen LogP contribution >= 0.6 is 61.7 Å². The van der Waals surface area contributed by atoms with E-state index < -0.39 is 0 Å². The van der Waals surface area contributed by atoms with Crippen LogP contribution in [-0.4, -0.2) is 0 Å². The minimum atomic E-state index is -0.0298. The maximum Gasteiger partial charge on any atom is 0.0512 e. The first-order chi connectivity index (χ1) is 9.51. The first-order valence-electron chi connectivity index (χ1n) is 5.86. The molecule has 20 heavy (non-hydrogen) atoms. The molecule has 0 bridgehead atoms. The number of benzene rings is 2. The summed E-state index contributed by atoms with van der Waals surface area (Å²) in [6, 6.07) is 11.6. The maximum atomic E-state index is 6.22. The fraction of sp³-hybridized carbons (Fsp3) is 0.143. The Bertz CT molecular complexity index is 622. The van der Waals surface area contributed by atoms with Gasteiger partial charge in [0.1, 0.15) is 0 Å². The minimum absolute atomic E-state index is 0.0298. The van der Waals surface area contributed by atoms with Crippen molar-refractivity contribution in [3.63, 3.8) is 0 Å². The van der Waals surface area contributed by atoms with Gasteiger partial charge in [-0.25, -0.2) is 0 Å². The molecule has 0 aliphatic heterocycles. The Morgan fingerprint density at radius 3 is 2.60 bits per heavy atom. The van der Waals surface area contributed by atoms with E-state index in [1.165, 1.54) is 0 Å². The lowest BCUT2D eigenvalue weighted by molar-refractivity contribution is 0.550. The molecule has 2 nitrogen and oxygen atoms in total. The lowest BCUT2D eigenvalue weighted by atomic mass is 9.99. The smallest absolute Gasteiger partial charge is 0.0512 e. The zero-order chi connectivity index (χ0) is 14.7. The van der Waals surface area contributed by atoms with E-state index in [0.717, 1.165) is 19.2 Å². The third-order valence-corrected chi connectivity index (χ3v) is 4.95. The highest BCUT2D eigenvalue weighted by molar-refractivity contribution is 14.1. The maximum absolute atomic E-state index is 6.22. The standard InChI is InChI=1S/C14H12BrCl2IN2/c15-12-4-3-10(18)7-11(12)14(20-19)5-8-1-2-9(16)6-13(8)17/h1-4,6-7,14,20H,5,19H2. The van der Waals surface area contributed by atoms with Crippen molar-refractivity contribution in [3.05, 3.63) is 65.6 Å². The molecule has 0 amide bonds. The summed E-state index contributed by atoms with van der Waals surface area (Å²) in [5, 5.41) is 1.28. The molecule has 6 heteroatoms. The molecule has 0 saturated heterocycles. The summed E-state index contributed by atoms with van der Waals surface area (Å²) >= 11 is 18.0. The lowest BCUT2D eigenvalue weighted by Gasteiger charge is -2.19. The quantitative estimate of drug-likeness (QED) is 0.359. The van der Waals surface area contributed by atoms with Crippen LogP contribution in [0.3, 0.4) is 0 Å². The average molecular weight is 486 g/mol. The fourth-order valence-electron chi connectivity index (χ4n) is 1.95. The van der Waals surface area contributed by atoms with Crippen LogP contribution in [0.25, 0.3) is 0 Å². The Labute approximate surface area is 150 Å². The highest BCUT2D eigenvalue weighted by Crippen LogP contribution is 2.30. The van der Waals surface area contributed by atoms with E-state index in [4.69, 9.17) is 29.0 Å². The summed E-state index contributed by atoms with van der Waals surface area (Å²) in [6.45, 7) is 0. The molecule has 0 radical (unpaired) electrons. The topological polar surface area (TPSA) is 38.0 Å². The van der Waals surface area contributed by atoms with Gasteiger partial charge in [0.05, 0.1) is 6.04 Å². The molecule has 0 heterocycles. The van der Waals surface area contributed by atoms with Gasteiger partial charge in [-0.15, -0.1) is 0 Å². The minimum Gasteiger partial charge on any atom is -0.271 e. The van der Waals surface area contributed by atoms with Crippen LogP contribution in [0.15, 0.2) is 40.9 Å². The van der Waals surface area contributed by atoms with E-state index in [-0.39, 0.29) is 6.04 Å². The van der Waals surface area contributed by atoms with Crippen LogP contribution in [0.2, 0.25) is 10.0 Å². The molecule has 1 atom stereocenters. The van der Waals surface area contributed by atoms with E-state index in [9.17, 15) is 0 Å².